The van der Waals surface area contributed by atoms with Crippen molar-refractivity contribution in [2.75, 3.05) is 19.7 Å². The van der Waals surface area contributed by atoms with E-state index in [4.69, 9.17) is 9.84 Å². The molecule has 12 heavy (non-hydrogen) atoms. The van der Waals surface area contributed by atoms with Crippen LogP contribution in [-0.4, -0.2) is 42.5 Å². The van der Waals surface area contributed by atoms with E-state index in [0.717, 1.165) is 13.0 Å². The van der Waals surface area contributed by atoms with Crippen LogP contribution in [0.2, 0.25) is 0 Å². The summed E-state index contributed by atoms with van der Waals surface area (Å²) in [6, 6.07) is 0.239. The van der Waals surface area contributed by atoms with Crippen LogP contribution in [0.25, 0.3) is 0 Å². The number of hydrogen-bond donors (Lipinski definition) is 3. The van der Waals surface area contributed by atoms with Crippen LogP contribution in [0.3, 0.4) is 0 Å². The Bertz CT molecular complexity index is 197. The van der Waals surface area contributed by atoms with Crippen LogP contribution >= 0.6 is 0 Å². The summed E-state index contributed by atoms with van der Waals surface area (Å²) in [6.07, 6.45) is 0.877. The van der Waals surface area contributed by atoms with Crippen molar-refractivity contribution in [1.29, 1.82) is 0 Å². The molecule has 5 nitrogen and oxygen atoms in total. The quantitative estimate of drug-likeness (QED) is 0.461. The Labute approximate surface area is 70.1 Å². The number of carboxylic acid groups (broad SMARTS) is 1. The van der Waals surface area contributed by atoms with Gasteiger partial charge in [-0.15, -0.1) is 0 Å². The molecule has 0 amide bonds. The fraction of sp³-hybridized carbons (Fsp3) is 0.857. The molecule has 2 bridgehead atoms. The summed E-state index contributed by atoms with van der Waals surface area (Å²) in [7, 11) is 0. The van der Waals surface area contributed by atoms with E-state index in [1.807, 2.05) is 0 Å². The van der Waals surface area contributed by atoms with Gasteiger partial charge in [0.2, 0.25) is 5.72 Å². The van der Waals surface area contributed by atoms with Crippen molar-refractivity contribution in [3.63, 3.8) is 0 Å². The molecule has 2 rings (SSSR count). The topological polar surface area (TPSA) is 70.6 Å². The van der Waals surface area contributed by atoms with Crippen LogP contribution in [0.5, 0.6) is 0 Å². The molecule has 0 spiro atoms. The number of rotatable bonds is 1. The van der Waals surface area contributed by atoms with Gasteiger partial charge in [-0.25, -0.2) is 4.79 Å². The highest BCUT2D eigenvalue weighted by atomic mass is 16.5. The van der Waals surface area contributed by atoms with Gasteiger partial charge in [-0.1, -0.05) is 0 Å². The summed E-state index contributed by atoms with van der Waals surface area (Å²) < 4.78 is 5.22. The minimum absolute atomic E-state index is 0.239. The summed E-state index contributed by atoms with van der Waals surface area (Å²) in [5, 5.41) is 14.9. The third-order valence-corrected chi connectivity index (χ3v) is 2.36. The Morgan fingerprint density at radius 3 is 3.17 bits per heavy atom. The first-order valence-electron chi connectivity index (χ1n) is 4.09. The first kappa shape index (κ1) is 7.97. The molecule has 2 aliphatic heterocycles. The molecule has 2 heterocycles. The second-order valence-electron chi connectivity index (χ2n) is 3.24. The van der Waals surface area contributed by atoms with E-state index in [1.165, 1.54) is 0 Å². The van der Waals surface area contributed by atoms with Gasteiger partial charge in [-0.2, -0.15) is 0 Å². The number of hydrogen-bond acceptors (Lipinski definition) is 4. The van der Waals surface area contributed by atoms with Gasteiger partial charge in [0.1, 0.15) is 0 Å². The predicted molar refractivity (Wildman–Crippen MR) is 40.7 cm³/mol. The minimum Gasteiger partial charge on any atom is -0.478 e. The lowest BCUT2D eigenvalue weighted by Gasteiger charge is -2.43. The zero-order valence-electron chi connectivity index (χ0n) is 6.67. The lowest BCUT2D eigenvalue weighted by Crippen LogP contribution is -2.71. The molecule has 0 saturated carbocycles. The monoisotopic (exact) mass is 172 g/mol. The van der Waals surface area contributed by atoms with Gasteiger partial charge in [-0.3, -0.25) is 5.32 Å². The van der Waals surface area contributed by atoms with Crippen LogP contribution in [0.15, 0.2) is 0 Å². The Hall–Kier alpha value is -0.650. The van der Waals surface area contributed by atoms with Crippen LogP contribution in [0.1, 0.15) is 6.42 Å². The van der Waals surface area contributed by atoms with E-state index in [0.29, 0.717) is 13.2 Å². The molecule has 2 aliphatic rings. The highest BCUT2D eigenvalue weighted by Gasteiger charge is 2.46. The summed E-state index contributed by atoms with van der Waals surface area (Å²) in [5.74, 6) is -0.931. The van der Waals surface area contributed by atoms with Crippen molar-refractivity contribution in [3.05, 3.63) is 0 Å². The molecule has 0 aliphatic carbocycles. The first-order valence-corrected chi connectivity index (χ1v) is 4.09. The van der Waals surface area contributed by atoms with E-state index in [1.54, 1.807) is 0 Å². The van der Waals surface area contributed by atoms with Crippen LogP contribution < -0.4 is 10.6 Å². The van der Waals surface area contributed by atoms with E-state index in [2.05, 4.69) is 10.6 Å². The number of carboxylic acids is 1. The molecular formula is C7H12N2O3. The van der Waals surface area contributed by atoms with Crippen LogP contribution in [-0.2, 0) is 9.53 Å². The number of carbonyl (C=O) groups is 1. The summed E-state index contributed by atoms with van der Waals surface area (Å²) in [6.45, 7) is 1.71. The van der Waals surface area contributed by atoms with Crippen molar-refractivity contribution < 1.29 is 14.6 Å². The number of fused-ring (bicyclic) bond motifs is 2. The average Bonchev–Trinajstić information content (AvgIpc) is 2.04. The molecule has 0 aromatic carbocycles. The highest BCUT2D eigenvalue weighted by molar-refractivity contribution is 5.77. The maximum absolute atomic E-state index is 10.9. The summed E-state index contributed by atoms with van der Waals surface area (Å²) in [5.41, 5.74) is -1.17. The van der Waals surface area contributed by atoms with Crippen molar-refractivity contribution in [2.45, 2.75) is 18.2 Å². The third-order valence-electron chi connectivity index (χ3n) is 2.36. The predicted octanol–water partition coefficient (Wildman–Crippen LogP) is -1.25. The minimum atomic E-state index is -1.17. The van der Waals surface area contributed by atoms with E-state index in [9.17, 15) is 4.79 Å². The van der Waals surface area contributed by atoms with Crippen LogP contribution in [0.4, 0.5) is 0 Å². The van der Waals surface area contributed by atoms with Gasteiger partial charge >= 0.3 is 5.97 Å². The maximum atomic E-state index is 10.9. The van der Waals surface area contributed by atoms with Gasteiger partial charge < -0.3 is 15.2 Å². The van der Waals surface area contributed by atoms with E-state index < -0.39 is 11.7 Å². The molecule has 0 radical (unpaired) electrons. The van der Waals surface area contributed by atoms with Gasteiger partial charge in [0.25, 0.3) is 0 Å². The largest absolute Gasteiger partial charge is 0.478 e. The van der Waals surface area contributed by atoms with Crippen molar-refractivity contribution >= 4 is 5.97 Å². The zero-order valence-corrected chi connectivity index (χ0v) is 6.67. The van der Waals surface area contributed by atoms with Crippen molar-refractivity contribution in [3.8, 4) is 0 Å². The first-order chi connectivity index (χ1) is 5.73. The number of aliphatic carboxylic acids is 1. The lowest BCUT2D eigenvalue weighted by atomic mass is 10.0. The third kappa shape index (κ3) is 1.10. The van der Waals surface area contributed by atoms with Gasteiger partial charge in [0, 0.05) is 19.1 Å². The molecule has 2 unspecified atom stereocenters. The Balaban J connectivity index is 2.17. The standard InChI is InChI=1S/C7H12N2O3/c10-6(11)7-4-8-3-5(9-7)1-2-12-7/h5,8-9H,1-4H2,(H,10,11). The molecule has 68 valence electrons. The Morgan fingerprint density at radius 2 is 2.50 bits per heavy atom. The van der Waals surface area contributed by atoms with Crippen molar-refractivity contribution in [2.24, 2.45) is 0 Å². The number of piperazine rings is 1. The fourth-order valence-corrected chi connectivity index (χ4v) is 1.70. The Kier molecular flexibility index (Phi) is 1.79. The van der Waals surface area contributed by atoms with E-state index in [-0.39, 0.29) is 6.04 Å². The highest BCUT2D eigenvalue weighted by Crippen LogP contribution is 2.18. The SMILES string of the molecule is O=C(O)C12CNCC(CCO1)N2. The van der Waals surface area contributed by atoms with Crippen molar-refractivity contribution in [1.82, 2.24) is 10.6 Å². The Morgan fingerprint density at radius 1 is 1.67 bits per heavy atom. The molecule has 0 aromatic rings. The second-order valence-corrected chi connectivity index (χ2v) is 3.24. The van der Waals surface area contributed by atoms with E-state index >= 15 is 0 Å². The second kappa shape index (κ2) is 2.69. The fourth-order valence-electron chi connectivity index (χ4n) is 1.70. The molecule has 2 fully saturated rings. The molecule has 5 heteroatoms. The molecule has 2 atom stereocenters. The van der Waals surface area contributed by atoms with Gasteiger partial charge in [0.15, 0.2) is 0 Å². The van der Waals surface area contributed by atoms with Gasteiger partial charge in [0.05, 0.1) is 6.61 Å². The lowest BCUT2D eigenvalue weighted by molar-refractivity contribution is -0.183. The maximum Gasteiger partial charge on any atom is 0.352 e. The molecule has 2 saturated heterocycles. The average molecular weight is 172 g/mol. The molecular weight excluding hydrogens is 160 g/mol. The zero-order chi connectivity index (χ0) is 8.60. The normalized spacial score (nSPS) is 40.8. The molecule has 3 N–H and O–H groups in total. The van der Waals surface area contributed by atoms with Crippen LogP contribution in [0, 0.1) is 0 Å². The number of nitrogens with one attached hydrogen (secondary N) is 2. The van der Waals surface area contributed by atoms with Gasteiger partial charge in [-0.05, 0) is 6.42 Å². The smallest absolute Gasteiger partial charge is 0.352 e. The number of ether oxygens (including phenoxy) is 1. The molecule has 0 aromatic heterocycles. The summed E-state index contributed by atoms with van der Waals surface area (Å²) >= 11 is 0. The summed E-state index contributed by atoms with van der Waals surface area (Å²) in [4.78, 5) is 10.9.